The molecule has 1 aliphatic rings. The molecule has 2 aromatic carbocycles. The number of benzene rings is 2. The van der Waals surface area contributed by atoms with Crippen LogP contribution in [0.1, 0.15) is 45.5 Å². The molecule has 204 valence electrons. The van der Waals surface area contributed by atoms with Gasteiger partial charge in [-0.15, -0.1) is 0 Å². The average molecular weight is 559 g/mol. The van der Waals surface area contributed by atoms with Crippen LogP contribution in [0.5, 0.6) is 11.5 Å². The van der Waals surface area contributed by atoms with Gasteiger partial charge in [0.1, 0.15) is 28.5 Å². The molecule has 0 radical (unpaired) electrons. The van der Waals surface area contributed by atoms with Crippen LogP contribution < -0.4 is 14.8 Å². The molecule has 1 unspecified atom stereocenters. The van der Waals surface area contributed by atoms with E-state index in [-0.39, 0.29) is 22.1 Å². The Kier molecular flexibility index (Phi) is 8.80. The van der Waals surface area contributed by atoms with Gasteiger partial charge in [-0.25, -0.2) is 18.4 Å². The van der Waals surface area contributed by atoms with Crippen LogP contribution in [0, 0.1) is 0 Å². The number of anilines is 2. The molecule has 1 saturated heterocycles. The molecule has 0 aliphatic carbocycles. The summed E-state index contributed by atoms with van der Waals surface area (Å²) in [4.78, 5) is 11.5. The molecular weight excluding hydrogens is 524 g/mol. The molecule has 0 saturated carbocycles. The van der Waals surface area contributed by atoms with Crippen molar-refractivity contribution in [3.8, 4) is 11.5 Å². The molecular formula is C28H35ClN4O4S. The van der Waals surface area contributed by atoms with Crippen LogP contribution in [0.2, 0.25) is 5.02 Å². The van der Waals surface area contributed by atoms with Crippen molar-refractivity contribution in [1.82, 2.24) is 14.9 Å². The van der Waals surface area contributed by atoms with Gasteiger partial charge in [-0.2, -0.15) is 0 Å². The second-order valence-electron chi connectivity index (χ2n) is 10.1. The number of nitrogens with zero attached hydrogens (tertiary/aromatic N) is 3. The standard InChI is InChI=1S/C28H35ClN4O4S/c1-18(2)36-25-15-21(37-22-12-13-33(5)17-22)11-10-20(25)14-27-30-16-23(29)28(32-27)31-24-8-6-7-9-26(24)38(34,35)19(3)4/h6-11,15-16,18-19,22H,12-14,17H2,1-5H3,(H,30,31,32). The average Bonchev–Trinajstić information content (AvgIpc) is 3.27. The summed E-state index contributed by atoms with van der Waals surface area (Å²) in [6, 6.07) is 12.6. The lowest BCUT2D eigenvalue weighted by molar-refractivity contribution is 0.204. The quantitative estimate of drug-likeness (QED) is 0.348. The van der Waals surface area contributed by atoms with Gasteiger partial charge in [-0.05, 0) is 59.4 Å². The van der Waals surface area contributed by atoms with E-state index in [4.69, 9.17) is 21.1 Å². The molecule has 1 aromatic heterocycles. The molecule has 0 bridgehead atoms. The number of hydrogen-bond acceptors (Lipinski definition) is 8. The van der Waals surface area contributed by atoms with Crippen molar-refractivity contribution >= 4 is 32.9 Å². The lowest BCUT2D eigenvalue weighted by Gasteiger charge is -2.18. The van der Waals surface area contributed by atoms with Gasteiger partial charge in [0.25, 0.3) is 0 Å². The molecule has 4 rings (SSSR count). The van der Waals surface area contributed by atoms with Crippen molar-refractivity contribution in [3.63, 3.8) is 0 Å². The number of nitrogens with one attached hydrogen (secondary N) is 1. The van der Waals surface area contributed by atoms with Gasteiger partial charge < -0.3 is 19.7 Å². The smallest absolute Gasteiger partial charge is 0.182 e. The zero-order valence-electron chi connectivity index (χ0n) is 22.4. The summed E-state index contributed by atoms with van der Waals surface area (Å²) in [6.07, 6.45) is 3.04. The Hall–Kier alpha value is -2.88. The summed E-state index contributed by atoms with van der Waals surface area (Å²) in [5.74, 6) is 2.33. The molecule has 1 aliphatic heterocycles. The first-order valence-corrected chi connectivity index (χ1v) is 14.7. The lowest BCUT2D eigenvalue weighted by atomic mass is 10.1. The number of halogens is 1. The van der Waals surface area contributed by atoms with Crippen LogP contribution in [0.3, 0.4) is 0 Å². The SMILES string of the molecule is CC(C)Oc1cc(OC2CCN(C)C2)ccc1Cc1ncc(Cl)c(Nc2ccccc2S(=O)(=O)C(C)C)n1. The molecule has 1 N–H and O–H groups in total. The molecule has 3 aromatic rings. The minimum Gasteiger partial charge on any atom is -0.491 e. The summed E-state index contributed by atoms with van der Waals surface area (Å²) >= 11 is 6.41. The monoisotopic (exact) mass is 558 g/mol. The largest absolute Gasteiger partial charge is 0.491 e. The molecule has 10 heteroatoms. The van der Waals surface area contributed by atoms with Crippen LogP contribution in [0.4, 0.5) is 11.5 Å². The maximum Gasteiger partial charge on any atom is 0.182 e. The minimum atomic E-state index is -3.51. The summed E-state index contributed by atoms with van der Waals surface area (Å²) < 4.78 is 38.1. The van der Waals surface area contributed by atoms with Gasteiger partial charge in [0.15, 0.2) is 15.7 Å². The van der Waals surface area contributed by atoms with Crippen molar-refractivity contribution in [2.24, 2.45) is 0 Å². The Morgan fingerprint density at radius 2 is 1.92 bits per heavy atom. The van der Waals surface area contributed by atoms with Crippen molar-refractivity contribution in [1.29, 1.82) is 0 Å². The highest BCUT2D eigenvalue weighted by Gasteiger charge is 2.24. The number of rotatable bonds is 10. The van der Waals surface area contributed by atoms with E-state index in [9.17, 15) is 8.42 Å². The van der Waals surface area contributed by atoms with E-state index >= 15 is 0 Å². The van der Waals surface area contributed by atoms with Gasteiger partial charge in [0.2, 0.25) is 0 Å². The number of ether oxygens (including phenoxy) is 2. The first kappa shape index (κ1) is 28.1. The highest BCUT2D eigenvalue weighted by atomic mass is 35.5. The molecule has 0 amide bonds. The first-order chi connectivity index (χ1) is 18.0. The predicted octanol–water partition coefficient (Wildman–Crippen LogP) is 5.52. The molecule has 1 fully saturated rings. The maximum atomic E-state index is 12.9. The van der Waals surface area contributed by atoms with E-state index in [1.165, 1.54) is 6.20 Å². The predicted molar refractivity (Wildman–Crippen MR) is 151 cm³/mol. The topological polar surface area (TPSA) is 93.7 Å². The number of likely N-dealkylation sites (tertiary alicyclic amines) is 1. The first-order valence-electron chi connectivity index (χ1n) is 12.8. The van der Waals surface area contributed by atoms with E-state index in [0.717, 1.165) is 30.8 Å². The summed E-state index contributed by atoms with van der Waals surface area (Å²) in [6.45, 7) is 9.19. The Morgan fingerprint density at radius 1 is 1.16 bits per heavy atom. The van der Waals surface area contributed by atoms with Crippen LogP contribution >= 0.6 is 11.6 Å². The fraction of sp³-hybridized carbons (Fsp3) is 0.429. The number of sulfone groups is 1. The second-order valence-corrected chi connectivity index (χ2v) is 13.0. The summed E-state index contributed by atoms with van der Waals surface area (Å²) in [7, 11) is -1.42. The van der Waals surface area contributed by atoms with Gasteiger partial charge >= 0.3 is 0 Å². The summed E-state index contributed by atoms with van der Waals surface area (Å²) in [5, 5.41) is 2.83. The number of aromatic nitrogens is 2. The third-order valence-corrected chi connectivity index (χ3v) is 8.75. The van der Waals surface area contributed by atoms with E-state index < -0.39 is 15.1 Å². The Balaban J connectivity index is 1.59. The van der Waals surface area contributed by atoms with Gasteiger partial charge in [0.05, 0.1) is 28.1 Å². The van der Waals surface area contributed by atoms with Crippen LogP contribution in [0.15, 0.2) is 53.6 Å². The van der Waals surface area contributed by atoms with E-state index in [1.807, 2.05) is 32.0 Å². The fourth-order valence-corrected chi connectivity index (χ4v) is 5.59. The molecule has 0 spiro atoms. The molecule has 8 nitrogen and oxygen atoms in total. The zero-order valence-corrected chi connectivity index (χ0v) is 24.0. The van der Waals surface area contributed by atoms with Crippen molar-refractivity contribution in [2.45, 2.75) is 62.9 Å². The third-order valence-electron chi connectivity index (χ3n) is 6.26. The van der Waals surface area contributed by atoms with Crippen molar-refractivity contribution in [2.75, 3.05) is 25.5 Å². The zero-order chi connectivity index (χ0) is 27.4. The normalized spacial score (nSPS) is 16.3. The van der Waals surface area contributed by atoms with Crippen LogP contribution in [0.25, 0.3) is 0 Å². The van der Waals surface area contributed by atoms with Gasteiger partial charge in [0, 0.05) is 31.1 Å². The highest BCUT2D eigenvalue weighted by Crippen LogP contribution is 2.32. The van der Waals surface area contributed by atoms with Gasteiger partial charge in [-0.3, -0.25) is 0 Å². The third kappa shape index (κ3) is 6.76. The highest BCUT2D eigenvalue weighted by molar-refractivity contribution is 7.92. The van der Waals surface area contributed by atoms with Gasteiger partial charge in [-0.1, -0.05) is 29.8 Å². The maximum absolute atomic E-state index is 12.9. The Bertz CT molecular complexity index is 1380. The van der Waals surface area contributed by atoms with Crippen LogP contribution in [-0.2, 0) is 16.3 Å². The Labute approximate surface area is 230 Å². The Morgan fingerprint density at radius 3 is 2.61 bits per heavy atom. The molecule has 38 heavy (non-hydrogen) atoms. The van der Waals surface area contributed by atoms with Crippen molar-refractivity contribution in [3.05, 3.63) is 65.1 Å². The second kappa shape index (κ2) is 11.9. The summed E-state index contributed by atoms with van der Waals surface area (Å²) in [5.41, 5.74) is 1.32. The molecule has 2 heterocycles. The molecule has 1 atom stereocenters. The van der Waals surface area contributed by atoms with Crippen molar-refractivity contribution < 1.29 is 17.9 Å². The van der Waals surface area contributed by atoms with E-state index in [1.54, 1.807) is 38.1 Å². The minimum absolute atomic E-state index is 0.0237. The fourth-order valence-electron chi connectivity index (χ4n) is 4.25. The lowest BCUT2D eigenvalue weighted by Crippen LogP contribution is -2.21. The van der Waals surface area contributed by atoms with E-state index in [2.05, 4.69) is 27.2 Å². The van der Waals surface area contributed by atoms with E-state index in [0.29, 0.717) is 29.5 Å². The number of likely N-dealkylation sites (N-methyl/N-ethyl adjacent to an activating group) is 1. The van der Waals surface area contributed by atoms with Crippen LogP contribution in [-0.4, -0.2) is 60.9 Å². The number of para-hydroxylation sites is 1. The number of hydrogen-bond donors (Lipinski definition) is 1.